The van der Waals surface area contributed by atoms with Gasteiger partial charge in [-0.05, 0) is 31.5 Å². The SMILES string of the molecule is CCCC(C)n1ccc2c(Cl)cc(Cl)cc21. The molecule has 0 aliphatic rings. The van der Waals surface area contributed by atoms with Gasteiger partial charge in [-0.25, -0.2) is 0 Å². The van der Waals surface area contributed by atoms with E-state index in [0.29, 0.717) is 11.1 Å². The molecule has 0 N–H and O–H groups in total. The fourth-order valence-electron chi connectivity index (χ4n) is 2.13. The van der Waals surface area contributed by atoms with Gasteiger partial charge in [0, 0.05) is 22.6 Å². The molecule has 1 aromatic carbocycles. The normalized spacial score (nSPS) is 13.2. The van der Waals surface area contributed by atoms with Crippen molar-refractivity contribution >= 4 is 34.1 Å². The second kappa shape index (κ2) is 4.68. The number of fused-ring (bicyclic) bond motifs is 1. The minimum absolute atomic E-state index is 0.483. The van der Waals surface area contributed by atoms with Crippen LogP contribution in [0.25, 0.3) is 10.9 Å². The lowest BCUT2D eigenvalue weighted by Gasteiger charge is -2.14. The maximum Gasteiger partial charge on any atom is 0.0514 e. The maximum atomic E-state index is 6.16. The van der Waals surface area contributed by atoms with Crippen LogP contribution >= 0.6 is 23.2 Å². The van der Waals surface area contributed by atoms with E-state index in [0.717, 1.165) is 22.3 Å². The van der Waals surface area contributed by atoms with Gasteiger partial charge >= 0.3 is 0 Å². The van der Waals surface area contributed by atoms with E-state index in [1.807, 2.05) is 6.07 Å². The van der Waals surface area contributed by atoms with E-state index < -0.39 is 0 Å². The Morgan fingerprint density at radius 2 is 2.06 bits per heavy atom. The Bertz CT molecular complexity index is 502. The molecule has 1 atom stereocenters. The summed E-state index contributed by atoms with van der Waals surface area (Å²) in [5.74, 6) is 0. The van der Waals surface area contributed by atoms with Gasteiger partial charge in [-0.3, -0.25) is 0 Å². The molecule has 1 nitrogen and oxygen atoms in total. The minimum atomic E-state index is 0.483. The molecule has 0 amide bonds. The van der Waals surface area contributed by atoms with Crippen molar-refractivity contribution in [3.8, 4) is 0 Å². The zero-order valence-electron chi connectivity index (χ0n) is 9.50. The Kier molecular flexibility index (Phi) is 3.46. The molecule has 0 aliphatic carbocycles. The van der Waals surface area contributed by atoms with Gasteiger partial charge in [0.05, 0.1) is 10.5 Å². The molecule has 1 unspecified atom stereocenters. The Labute approximate surface area is 106 Å². The third-order valence-electron chi connectivity index (χ3n) is 2.93. The number of hydrogen-bond donors (Lipinski definition) is 0. The van der Waals surface area contributed by atoms with Crippen molar-refractivity contribution in [3.63, 3.8) is 0 Å². The summed E-state index contributed by atoms with van der Waals surface area (Å²) in [5, 5.41) is 2.50. The molecule has 2 aromatic rings. The predicted molar refractivity (Wildman–Crippen MR) is 71.6 cm³/mol. The number of benzene rings is 1. The first kappa shape index (κ1) is 11.8. The lowest BCUT2D eigenvalue weighted by atomic mass is 10.2. The standard InChI is InChI=1S/C13H15Cl2N/c1-3-4-9(2)16-6-5-11-12(15)7-10(14)8-13(11)16/h5-9H,3-4H2,1-2H3. The summed E-state index contributed by atoms with van der Waals surface area (Å²) in [4.78, 5) is 0. The van der Waals surface area contributed by atoms with Crippen molar-refractivity contribution in [2.75, 3.05) is 0 Å². The van der Waals surface area contributed by atoms with Crippen molar-refractivity contribution < 1.29 is 0 Å². The van der Waals surface area contributed by atoms with Gasteiger partial charge in [0.1, 0.15) is 0 Å². The van der Waals surface area contributed by atoms with Gasteiger partial charge in [-0.2, -0.15) is 0 Å². The fraction of sp³-hybridized carbons (Fsp3) is 0.385. The van der Waals surface area contributed by atoms with Crippen molar-refractivity contribution in [1.29, 1.82) is 0 Å². The number of rotatable bonds is 3. The van der Waals surface area contributed by atoms with E-state index in [1.165, 1.54) is 6.42 Å². The molecule has 0 radical (unpaired) electrons. The van der Waals surface area contributed by atoms with E-state index in [-0.39, 0.29) is 0 Å². The number of nitrogens with zero attached hydrogens (tertiary/aromatic N) is 1. The predicted octanol–water partition coefficient (Wildman–Crippen LogP) is 5.31. The first-order chi connectivity index (χ1) is 7.63. The topological polar surface area (TPSA) is 4.93 Å². The van der Waals surface area contributed by atoms with E-state index >= 15 is 0 Å². The van der Waals surface area contributed by atoms with Gasteiger partial charge in [-0.15, -0.1) is 0 Å². The van der Waals surface area contributed by atoms with E-state index in [4.69, 9.17) is 23.2 Å². The molecule has 1 heterocycles. The number of aromatic nitrogens is 1. The van der Waals surface area contributed by atoms with Crippen LogP contribution in [0, 0.1) is 0 Å². The summed E-state index contributed by atoms with van der Waals surface area (Å²) < 4.78 is 2.25. The van der Waals surface area contributed by atoms with Crippen LogP contribution in [-0.2, 0) is 0 Å². The molecular weight excluding hydrogens is 241 g/mol. The maximum absolute atomic E-state index is 6.16. The number of hydrogen-bond acceptors (Lipinski definition) is 0. The minimum Gasteiger partial charge on any atom is -0.345 e. The zero-order valence-corrected chi connectivity index (χ0v) is 11.0. The van der Waals surface area contributed by atoms with Gasteiger partial charge in [0.15, 0.2) is 0 Å². The van der Waals surface area contributed by atoms with Crippen molar-refractivity contribution in [3.05, 3.63) is 34.4 Å². The summed E-state index contributed by atoms with van der Waals surface area (Å²) in [7, 11) is 0. The average molecular weight is 256 g/mol. The molecule has 86 valence electrons. The van der Waals surface area contributed by atoms with Gasteiger partial charge in [0.2, 0.25) is 0 Å². The highest BCUT2D eigenvalue weighted by molar-refractivity contribution is 6.38. The monoisotopic (exact) mass is 255 g/mol. The van der Waals surface area contributed by atoms with Crippen LogP contribution in [0.3, 0.4) is 0 Å². The van der Waals surface area contributed by atoms with Gasteiger partial charge in [-0.1, -0.05) is 36.5 Å². The third kappa shape index (κ3) is 2.07. The van der Waals surface area contributed by atoms with Crippen molar-refractivity contribution in [2.24, 2.45) is 0 Å². The summed E-state index contributed by atoms with van der Waals surface area (Å²) in [6.45, 7) is 4.42. The van der Waals surface area contributed by atoms with Crippen LogP contribution in [0.5, 0.6) is 0 Å². The Hall–Kier alpha value is -0.660. The van der Waals surface area contributed by atoms with Crippen LogP contribution < -0.4 is 0 Å². The molecule has 0 aliphatic heterocycles. The Balaban J connectivity index is 2.55. The molecule has 0 saturated carbocycles. The molecule has 0 saturated heterocycles. The van der Waals surface area contributed by atoms with Crippen molar-refractivity contribution in [1.82, 2.24) is 4.57 Å². The molecular formula is C13H15Cl2N. The van der Waals surface area contributed by atoms with Crippen LogP contribution in [0.4, 0.5) is 0 Å². The third-order valence-corrected chi connectivity index (χ3v) is 3.46. The molecule has 0 bridgehead atoms. The first-order valence-corrected chi connectivity index (χ1v) is 6.34. The first-order valence-electron chi connectivity index (χ1n) is 5.59. The average Bonchev–Trinajstić information content (AvgIpc) is 2.61. The Morgan fingerprint density at radius 3 is 2.75 bits per heavy atom. The van der Waals surface area contributed by atoms with E-state index in [9.17, 15) is 0 Å². The number of halogens is 2. The molecule has 2 rings (SSSR count). The van der Waals surface area contributed by atoms with E-state index in [2.05, 4.69) is 30.7 Å². The van der Waals surface area contributed by atoms with Gasteiger partial charge in [0.25, 0.3) is 0 Å². The largest absolute Gasteiger partial charge is 0.345 e. The highest BCUT2D eigenvalue weighted by atomic mass is 35.5. The summed E-state index contributed by atoms with van der Waals surface area (Å²) >= 11 is 12.2. The van der Waals surface area contributed by atoms with Crippen LogP contribution in [0.2, 0.25) is 10.0 Å². The van der Waals surface area contributed by atoms with Crippen LogP contribution in [0.1, 0.15) is 32.7 Å². The van der Waals surface area contributed by atoms with Crippen LogP contribution in [0.15, 0.2) is 24.4 Å². The second-order valence-corrected chi connectivity index (χ2v) is 5.02. The zero-order chi connectivity index (χ0) is 11.7. The smallest absolute Gasteiger partial charge is 0.0514 e. The highest BCUT2D eigenvalue weighted by Gasteiger charge is 2.10. The van der Waals surface area contributed by atoms with Crippen molar-refractivity contribution in [2.45, 2.75) is 32.7 Å². The quantitative estimate of drug-likeness (QED) is 0.701. The summed E-state index contributed by atoms with van der Waals surface area (Å²) in [6.07, 6.45) is 4.43. The summed E-state index contributed by atoms with van der Waals surface area (Å²) in [6, 6.07) is 6.31. The second-order valence-electron chi connectivity index (χ2n) is 4.18. The van der Waals surface area contributed by atoms with Crippen LogP contribution in [-0.4, -0.2) is 4.57 Å². The lowest BCUT2D eigenvalue weighted by molar-refractivity contribution is 0.515. The molecule has 0 spiro atoms. The highest BCUT2D eigenvalue weighted by Crippen LogP contribution is 2.31. The Morgan fingerprint density at radius 1 is 1.31 bits per heavy atom. The fourth-order valence-corrected chi connectivity index (χ4v) is 2.67. The molecule has 1 aromatic heterocycles. The molecule has 0 fully saturated rings. The lowest BCUT2D eigenvalue weighted by Crippen LogP contribution is -2.02. The molecule has 16 heavy (non-hydrogen) atoms. The molecule has 3 heteroatoms. The summed E-state index contributed by atoms with van der Waals surface area (Å²) in [5.41, 5.74) is 1.12. The van der Waals surface area contributed by atoms with E-state index in [1.54, 1.807) is 6.07 Å². The van der Waals surface area contributed by atoms with Gasteiger partial charge < -0.3 is 4.57 Å².